The van der Waals surface area contributed by atoms with E-state index in [1.807, 2.05) is 37.5 Å². The summed E-state index contributed by atoms with van der Waals surface area (Å²) in [6, 6.07) is 7.68. The second kappa shape index (κ2) is 10.2. The number of esters is 1. The molecule has 2 rings (SSSR count). The lowest BCUT2D eigenvalue weighted by molar-refractivity contribution is -0.697. The van der Waals surface area contributed by atoms with Gasteiger partial charge in [-0.3, -0.25) is 4.79 Å². The summed E-state index contributed by atoms with van der Waals surface area (Å²) in [5.74, 6) is -0.500. The van der Waals surface area contributed by atoms with Crippen LogP contribution in [0.4, 0.5) is 5.00 Å². The molecule has 1 N–H and O–H groups in total. The van der Waals surface area contributed by atoms with Crippen LogP contribution in [-0.4, -0.2) is 19.0 Å². The summed E-state index contributed by atoms with van der Waals surface area (Å²) in [5.41, 5.74) is 0.420. The molecule has 1 amide bonds. The molecule has 7 heteroatoms. The van der Waals surface area contributed by atoms with Crippen LogP contribution in [0.5, 0.6) is 0 Å². The fraction of sp³-hybridized carbons (Fsp3) is 0.353. The van der Waals surface area contributed by atoms with E-state index in [1.165, 1.54) is 18.4 Å². The third-order valence-electron chi connectivity index (χ3n) is 3.36. The quantitative estimate of drug-likeness (QED) is 0.393. The first-order valence-corrected chi connectivity index (χ1v) is 8.34. The number of carbonyl (C=O) groups is 2. The van der Waals surface area contributed by atoms with E-state index in [0.717, 1.165) is 24.3 Å². The molecule has 0 aliphatic heterocycles. The Morgan fingerprint density at radius 1 is 1.21 bits per heavy atom. The lowest BCUT2D eigenvalue weighted by Gasteiger charge is -2.05. The van der Waals surface area contributed by atoms with Crippen molar-refractivity contribution in [1.29, 1.82) is 0 Å². The number of aryl methyl sites for hydroxylation is 2. The maximum Gasteiger partial charge on any atom is 0.340 e. The molecule has 24 heavy (non-hydrogen) atoms. The molecule has 0 bridgehead atoms. The summed E-state index contributed by atoms with van der Waals surface area (Å²) < 4.78 is 6.83. The van der Waals surface area contributed by atoms with Gasteiger partial charge in [0, 0.05) is 29.9 Å². The third-order valence-corrected chi connectivity index (χ3v) is 4.33. The zero-order valence-corrected chi connectivity index (χ0v) is 16.2. The summed E-state index contributed by atoms with van der Waals surface area (Å²) in [7, 11) is 1.34. The number of ether oxygens (including phenoxy) is 1. The number of nitrogens with one attached hydrogen (secondary N) is 1. The van der Waals surface area contributed by atoms with Crippen molar-refractivity contribution in [1.82, 2.24) is 0 Å². The van der Waals surface area contributed by atoms with Crippen LogP contribution >= 0.6 is 11.3 Å². The maximum atomic E-state index is 12.0. The van der Waals surface area contributed by atoms with Gasteiger partial charge in [0.05, 0.1) is 12.7 Å². The minimum atomic E-state index is -0.426. The van der Waals surface area contributed by atoms with Gasteiger partial charge < -0.3 is 27.0 Å². The Hall–Kier alpha value is -1.73. The minimum absolute atomic E-state index is 0. The highest BCUT2D eigenvalue weighted by Gasteiger charge is 2.17. The van der Waals surface area contributed by atoms with E-state index < -0.39 is 5.97 Å². The van der Waals surface area contributed by atoms with Gasteiger partial charge in [-0.1, -0.05) is 6.07 Å². The first kappa shape index (κ1) is 20.3. The van der Waals surface area contributed by atoms with Crippen molar-refractivity contribution in [3.8, 4) is 0 Å². The fourth-order valence-corrected chi connectivity index (χ4v) is 3.14. The first-order chi connectivity index (χ1) is 11.1. The summed E-state index contributed by atoms with van der Waals surface area (Å²) in [6.45, 7) is 2.78. The molecule has 0 aromatic carbocycles. The Balaban J connectivity index is 0.00000288. The molecule has 2 heterocycles. The second-order valence-corrected chi connectivity index (χ2v) is 6.47. The van der Waals surface area contributed by atoms with Crippen molar-refractivity contribution in [3.63, 3.8) is 0 Å². The number of pyridine rings is 1. The number of amides is 1. The molecule has 2 aromatic rings. The van der Waals surface area contributed by atoms with Crippen LogP contribution in [0, 0.1) is 6.92 Å². The molecule has 0 fully saturated rings. The lowest BCUT2D eigenvalue weighted by atomic mass is 10.2. The third kappa shape index (κ3) is 6.05. The Morgan fingerprint density at radius 2 is 1.92 bits per heavy atom. The molecular formula is C17H21BrN2O3S. The summed E-state index contributed by atoms with van der Waals surface area (Å²) in [5, 5.41) is 3.38. The van der Waals surface area contributed by atoms with Crippen molar-refractivity contribution >= 4 is 28.2 Å². The van der Waals surface area contributed by atoms with E-state index in [-0.39, 0.29) is 22.9 Å². The Labute approximate surface area is 156 Å². The van der Waals surface area contributed by atoms with Crippen molar-refractivity contribution in [2.24, 2.45) is 0 Å². The zero-order chi connectivity index (χ0) is 16.7. The first-order valence-electron chi connectivity index (χ1n) is 7.53. The molecule has 0 radical (unpaired) electrons. The van der Waals surface area contributed by atoms with Crippen LogP contribution in [0.15, 0.2) is 36.7 Å². The predicted molar refractivity (Wildman–Crippen MR) is 89.5 cm³/mol. The fourth-order valence-electron chi connectivity index (χ4n) is 2.22. The van der Waals surface area contributed by atoms with E-state index >= 15 is 0 Å². The number of nitrogens with zero attached hydrogens (tertiary/aromatic N) is 1. The van der Waals surface area contributed by atoms with Crippen LogP contribution in [0.2, 0.25) is 0 Å². The number of halogens is 1. The Kier molecular flexibility index (Phi) is 8.63. The lowest BCUT2D eigenvalue weighted by Crippen LogP contribution is -3.00. The highest BCUT2D eigenvalue weighted by atomic mass is 79.9. The smallest absolute Gasteiger partial charge is 0.340 e. The standard InChI is InChI=1S/C17H20N2O3S.BrH/c1-13-12-14(17(21)22-2)16(23-13)18-15(20)8-4-7-11-19-9-5-3-6-10-19;/h3,5-6,9-10,12H,4,7-8,11H2,1-2H3;1H. The SMILES string of the molecule is COC(=O)c1cc(C)sc1NC(=O)CCCC[n+]1ccccc1.[Br-]. The number of unbranched alkanes of at least 4 members (excludes halogenated alkanes) is 1. The maximum absolute atomic E-state index is 12.0. The number of carbonyl (C=O) groups excluding carboxylic acids is 2. The number of anilines is 1. The normalized spacial score (nSPS) is 9.92. The number of methoxy groups -OCH3 is 1. The summed E-state index contributed by atoms with van der Waals surface area (Å²) in [4.78, 5) is 24.7. The van der Waals surface area contributed by atoms with Gasteiger partial charge in [-0.2, -0.15) is 0 Å². The average Bonchev–Trinajstić information content (AvgIpc) is 2.92. The molecule has 0 aliphatic carbocycles. The molecule has 0 unspecified atom stereocenters. The monoisotopic (exact) mass is 412 g/mol. The van der Waals surface area contributed by atoms with E-state index in [2.05, 4.69) is 9.88 Å². The van der Waals surface area contributed by atoms with Crippen molar-refractivity contribution < 1.29 is 35.9 Å². The van der Waals surface area contributed by atoms with E-state index in [9.17, 15) is 9.59 Å². The highest BCUT2D eigenvalue weighted by Crippen LogP contribution is 2.28. The highest BCUT2D eigenvalue weighted by molar-refractivity contribution is 7.16. The van der Waals surface area contributed by atoms with Crippen molar-refractivity contribution in [2.45, 2.75) is 32.7 Å². The van der Waals surface area contributed by atoms with Gasteiger partial charge in [-0.25, -0.2) is 9.36 Å². The van der Waals surface area contributed by atoms with E-state index in [1.54, 1.807) is 6.07 Å². The van der Waals surface area contributed by atoms with Crippen molar-refractivity contribution in [2.75, 3.05) is 12.4 Å². The molecule has 0 saturated carbocycles. The molecule has 2 aromatic heterocycles. The van der Waals surface area contributed by atoms with Crippen LogP contribution in [0.1, 0.15) is 34.5 Å². The molecule has 0 spiro atoms. The van der Waals surface area contributed by atoms with Crippen molar-refractivity contribution in [3.05, 3.63) is 47.1 Å². The predicted octanol–water partition coefficient (Wildman–Crippen LogP) is -0.0564. The Bertz CT molecular complexity index is 674. The summed E-state index contributed by atoms with van der Waals surface area (Å²) >= 11 is 1.39. The van der Waals surface area contributed by atoms with Gasteiger partial charge >= 0.3 is 5.97 Å². The van der Waals surface area contributed by atoms with E-state index in [4.69, 9.17) is 4.74 Å². The van der Waals surface area contributed by atoms with Gasteiger partial charge in [0.2, 0.25) is 5.91 Å². The molecule has 5 nitrogen and oxygen atoms in total. The van der Waals surface area contributed by atoms with Gasteiger partial charge in [0.1, 0.15) is 11.5 Å². The van der Waals surface area contributed by atoms with Gasteiger partial charge in [-0.05, 0) is 19.4 Å². The van der Waals surface area contributed by atoms with Crippen LogP contribution in [0.3, 0.4) is 0 Å². The van der Waals surface area contributed by atoms with Crippen LogP contribution in [0.25, 0.3) is 0 Å². The zero-order valence-electron chi connectivity index (χ0n) is 13.8. The van der Waals surface area contributed by atoms with Gasteiger partial charge in [-0.15, -0.1) is 11.3 Å². The molecule has 0 atom stereocenters. The number of hydrogen-bond donors (Lipinski definition) is 1. The number of thiophene rings is 1. The second-order valence-electron chi connectivity index (χ2n) is 5.21. The van der Waals surface area contributed by atoms with Gasteiger partial charge in [0.15, 0.2) is 12.4 Å². The Morgan fingerprint density at radius 3 is 2.58 bits per heavy atom. The summed E-state index contributed by atoms with van der Waals surface area (Å²) in [6.07, 6.45) is 6.18. The molecule has 0 aliphatic rings. The molecular weight excluding hydrogens is 392 g/mol. The molecule has 130 valence electrons. The number of hydrogen-bond acceptors (Lipinski definition) is 4. The van der Waals surface area contributed by atoms with E-state index in [0.29, 0.717) is 17.0 Å². The van der Waals surface area contributed by atoms with Crippen LogP contribution in [-0.2, 0) is 16.1 Å². The average molecular weight is 413 g/mol. The van der Waals surface area contributed by atoms with Gasteiger partial charge in [0.25, 0.3) is 0 Å². The molecule has 0 saturated heterocycles. The number of rotatable bonds is 7. The largest absolute Gasteiger partial charge is 1.00 e. The van der Waals surface area contributed by atoms with Crippen LogP contribution < -0.4 is 26.9 Å². The minimum Gasteiger partial charge on any atom is -1.00 e. The number of aromatic nitrogens is 1. The topological polar surface area (TPSA) is 59.3 Å².